The second-order valence-electron chi connectivity index (χ2n) is 6.67. The van der Waals surface area contributed by atoms with Gasteiger partial charge in [0.05, 0.1) is 5.92 Å². The lowest BCUT2D eigenvalue weighted by Crippen LogP contribution is -2.46. The van der Waals surface area contributed by atoms with Crippen LogP contribution >= 0.6 is 0 Å². The van der Waals surface area contributed by atoms with Gasteiger partial charge in [0.2, 0.25) is 5.91 Å². The van der Waals surface area contributed by atoms with E-state index in [1.807, 2.05) is 0 Å². The van der Waals surface area contributed by atoms with Gasteiger partial charge in [0, 0.05) is 12.0 Å². The highest BCUT2D eigenvalue weighted by atomic mass is 19.4. The van der Waals surface area contributed by atoms with Gasteiger partial charge in [-0.25, -0.2) is 0 Å². The molecule has 0 aromatic heterocycles. The molecule has 2 atom stereocenters. The molecule has 0 bridgehead atoms. The number of amides is 1. The minimum Gasteiger partial charge on any atom is -0.353 e. The Morgan fingerprint density at radius 1 is 1.05 bits per heavy atom. The van der Waals surface area contributed by atoms with E-state index < -0.39 is 18.0 Å². The molecule has 0 aliphatic heterocycles. The Kier molecular flexibility index (Phi) is 5.55. The van der Waals surface area contributed by atoms with Crippen molar-refractivity contribution in [3.05, 3.63) is 0 Å². The van der Waals surface area contributed by atoms with Gasteiger partial charge >= 0.3 is 6.18 Å². The minimum atomic E-state index is -4.25. The molecule has 5 heteroatoms. The van der Waals surface area contributed by atoms with Crippen LogP contribution in [0.15, 0.2) is 0 Å². The molecule has 1 N–H and O–H groups in total. The van der Waals surface area contributed by atoms with Crippen LogP contribution < -0.4 is 5.32 Å². The Hall–Kier alpha value is -0.740. The van der Waals surface area contributed by atoms with Gasteiger partial charge in [-0.2, -0.15) is 13.2 Å². The molecule has 122 valence electrons. The van der Waals surface area contributed by atoms with E-state index in [0.717, 1.165) is 44.4 Å². The first-order valence-corrected chi connectivity index (χ1v) is 8.29. The monoisotopic (exact) mass is 305 g/mol. The molecule has 0 aromatic carbocycles. The Morgan fingerprint density at radius 3 is 2.24 bits per heavy atom. The van der Waals surface area contributed by atoms with E-state index >= 15 is 0 Å². The number of carbonyl (C=O) groups is 1. The van der Waals surface area contributed by atoms with Crippen LogP contribution in [0.4, 0.5) is 13.2 Å². The topological polar surface area (TPSA) is 29.1 Å². The predicted molar refractivity (Wildman–Crippen MR) is 75.7 cm³/mol. The van der Waals surface area contributed by atoms with E-state index in [1.165, 1.54) is 0 Å². The summed E-state index contributed by atoms with van der Waals surface area (Å²) in [5.41, 5.74) is 0. The summed E-state index contributed by atoms with van der Waals surface area (Å²) in [6, 6.07) is 0.0797. The quantitative estimate of drug-likeness (QED) is 0.820. The van der Waals surface area contributed by atoms with Crippen molar-refractivity contribution in [2.24, 2.45) is 17.8 Å². The van der Waals surface area contributed by atoms with Crippen molar-refractivity contribution in [2.75, 3.05) is 0 Å². The van der Waals surface area contributed by atoms with E-state index in [2.05, 4.69) is 12.2 Å². The predicted octanol–water partition coefficient (Wildman–Crippen LogP) is 4.44. The van der Waals surface area contributed by atoms with Crippen molar-refractivity contribution < 1.29 is 18.0 Å². The molecule has 0 heterocycles. The first-order chi connectivity index (χ1) is 9.91. The molecule has 2 fully saturated rings. The molecule has 2 aliphatic rings. The van der Waals surface area contributed by atoms with Crippen LogP contribution in [0, 0.1) is 17.8 Å². The fourth-order valence-corrected chi connectivity index (χ4v) is 3.86. The van der Waals surface area contributed by atoms with Crippen LogP contribution in [-0.4, -0.2) is 18.1 Å². The highest BCUT2D eigenvalue weighted by Crippen LogP contribution is 2.41. The Morgan fingerprint density at radius 2 is 1.67 bits per heavy atom. The van der Waals surface area contributed by atoms with E-state index in [0.29, 0.717) is 12.8 Å². The normalized spacial score (nSPS) is 34.5. The number of carbonyl (C=O) groups excluding carboxylic acids is 1. The van der Waals surface area contributed by atoms with Gasteiger partial charge in [-0.3, -0.25) is 4.79 Å². The maximum absolute atomic E-state index is 13.0. The van der Waals surface area contributed by atoms with E-state index in [4.69, 9.17) is 0 Å². The van der Waals surface area contributed by atoms with Gasteiger partial charge in [-0.1, -0.05) is 26.2 Å². The molecule has 0 unspecified atom stereocenters. The third-order valence-corrected chi connectivity index (χ3v) is 5.29. The molecule has 2 saturated carbocycles. The SMILES string of the molecule is CCC1CCC(NC(=O)[C@@H]2CCCC[C@@H]2C(F)(F)F)CC1. The molecule has 0 aromatic rings. The van der Waals surface area contributed by atoms with Crippen molar-refractivity contribution in [3.63, 3.8) is 0 Å². The molecule has 0 saturated heterocycles. The summed E-state index contributed by atoms with van der Waals surface area (Å²) in [5.74, 6) is -1.96. The van der Waals surface area contributed by atoms with Crippen molar-refractivity contribution in [1.82, 2.24) is 5.32 Å². The summed E-state index contributed by atoms with van der Waals surface area (Å²) in [7, 11) is 0. The number of halogens is 3. The second-order valence-corrected chi connectivity index (χ2v) is 6.67. The summed E-state index contributed by atoms with van der Waals surface area (Å²) in [6.07, 6.45) is 2.67. The lowest BCUT2D eigenvalue weighted by Gasteiger charge is -2.34. The van der Waals surface area contributed by atoms with Gasteiger partial charge in [0.15, 0.2) is 0 Å². The maximum atomic E-state index is 13.0. The molecule has 1 amide bonds. The summed E-state index contributed by atoms with van der Waals surface area (Å²) in [6.45, 7) is 2.17. The summed E-state index contributed by atoms with van der Waals surface area (Å²) in [4.78, 5) is 12.3. The van der Waals surface area contributed by atoms with E-state index in [1.54, 1.807) is 0 Å². The molecule has 2 rings (SSSR count). The third kappa shape index (κ3) is 4.36. The Bertz CT molecular complexity index is 348. The molecule has 2 nitrogen and oxygen atoms in total. The zero-order chi connectivity index (χ0) is 15.5. The van der Waals surface area contributed by atoms with Crippen molar-refractivity contribution in [2.45, 2.75) is 76.9 Å². The van der Waals surface area contributed by atoms with Gasteiger partial charge < -0.3 is 5.32 Å². The average molecular weight is 305 g/mol. The summed E-state index contributed by atoms with van der Waals surface area (Å²) in [5, 5.41) is 2.90. The molecule has 0 spiro atoms. The maximum Gasteiger partial charge on any atom is 0.392 e. The van der Waals surface area contributed by atoms with Crippen LogP contribution in [0.3, 0.4) is 0 Å². The first-order valence-electron chi connectivity index (χ1n) is 8.29. The molecule has 2 aliphatic carbocycles. The Balaban J connectivity index is 1.89. The zero-order valence-corrected chi connectivity index (χ0v) is 12.7. The van der Waals surface area contributed by atoms with Crippen LogP contribution in [0.2, 0.25) is 0 Å². The fourth-order valence-electron chi connectivity index (χ4n) is 3.86. The van der Waals surface area contributed by atoms with Gasteiger partial charge in [-0.15, -0.1) is 0 Å². The lowest BCUT2D eigenvalue weighted by atomic mass is 9.77. The van der Waals surface area contributed by atoms with Crippen LogP contribution in [0.1, 0.15) is 64.7 Å². The molecular weight excluding hydrogens is 279 g/mol. The number of hydrogen-bond donors (Lipinski definition) is 1. The highest BCUT2D eigenvalue weighted by molar-refractivity contribution is 5.79. The zero-order valence-electron chi connectivity index (χ0n) is 12.7. The number of nitrogens with one attached hydrogen (secondary N) is 1. The van der Waals surface area contributed by atoms with Crippen LogP contribution in [-0.2, 0) is 4.79 Å². The van der Waals surface area contributed by atoms with E-state index in [9.17, 15) is 18.0 Å². The van der Waals surface area contributed by atoms with E-state index in [-0.39, 0.29) is 18.4 Å². The van der Waals surface area contributed by atoms with Crippen molar-refractivity contribution >= 4 is 5.91 Å². The lowest BCUT2D eigenvalue weighted by molar-refractivity contribution is -0.198. The van der Waals surface area contributed by atoms with Crippen molar-refractivity contribution in [3.8, 4) is 0 Å². The molecule has 21 heavy (non-hydrogen) atoms. The molecular formula is C16H26F3NO. The van der Waals surface area contributed by atoms with Gasteiger partial charge in [-0.05, 0) is 44.4 Å². The largest absolute Gasteiger partial charge is 0.392 e. The Labute approximate surface area is 124 Å². The smallest absolute Gasteiger partial charge is 0.353 e. The van der Waals surface area contributed by atoms with Gasteiger partial charge in [0.1, 0.15) is 0 Å². The second kappa shape index (κ2) is 7.01. The van der Waals surface area contributed by atoms with Crippen LogP contribution in [0.5, 0.6) is 0 Å². The third-order valence-electron chi connectivity index (χ3n) is 5.29. The summed E-state index contributed by atoms with van der Waals surface area (Å²) < 4.78 is 39.1. The highest BCUT2D eigenvalue weighted by Gasteiger charge is 2.48. The fraction of sp³-hybridized carbons (Fsp3) is 0.938. The standard InChI is InChI=1S/C16H26F3NO/c1-2-11-7-9-12(10-8-11)20-15(21)13-5-3-4-6-14(13)16(17,18)19/h11-14H,2-10H2,1H3,(H,20,21)/t11?,12?,13-,14+/m1/s1. The number of alkyl halides is 3. The van der Waals surface area contributed by atoms with Gasteiger partial charge in [0.25, 0.3) is 0 Å². The minimum absolute atomic E-state index is 0.0797. The average Bonchev–Trinajstić information content (AvgIpc) is 2.47. The molecule has 0 radical (unpaired) electrons. The summed E-state index contributed by atoms with van der Waals surface area (Å²) >= 11 is 0. The number of rotatable bonds is 3. The van der Waals surface area contributed by atoms with Crippen molar-refractivity contribution in [1.29, 1.82) is 0 Å². The number of hydrogen-bond acceptors (Lipinski definition) is 1. The van der Waals surface area contributed by atoms with Crippen LogP contribution in [0.25, 0.3) is 0 Å². The first kappa shape index (κ1) is 16.6.